The molecule has 2 N–H and O–H groups in total. The van der Waals surface area contributed by atoms with Gasteiger partial charge in [0, 0.05) is 6.26 Å². The number of para-hydroxylation sites is 1. The van der Waals surface area contributed by atoms with Crippen molar-refractivity contribution in [2.75, 3.05) is 12.0 Å². The lowest BCUT2D eigenvalue weighted by atomic mass is 10.3. The number of sulfone groups is 1. The van der Waals surface area contributed by atoms with Crippen molar-refractivity contribution in [2.24, 2.45) is 0 Å². The summed E-state index contributed by atoms with van der Waals surface area (Å²) in [6.45, 7) is 0. The predicted octanol–water partition coefficient (Wildman–Crippen LogP) is 3.12. The van der Waals surface area contributed by atoms with Crippen molar-refractivity contribution < 1.29 is 13.2 Å². The molecule has 0 aromatic heterocycles. The van der Waals surface area contributed by atoms with Gasteiger partial charge in [-0.2, -0.15) is 0 Å². The van der Waals surface area contributed by atoms with Crippen molar-refractivity contribution >= 4 is 27.1 Å². The zero-order chi connectivity index (χ0) is 14.0. The molecule has 0 saturated heterocycles. The quantitative estimate of drug-likeness (QED) is 0.884. The van der Waals surface area contributed by atoms with Crippen LogP contribution in [0.3, 0.4) is 0 Å². The maximum Gasteiger partial charge on any atom is 0.175 e. The molecule has 0 saturated carbocycles. The van der Waals surface area contributed by atoms with Gasteiger partial charge in [-0.1, -0.05) is 23.7 Å². The van der Waals surface area contributed by atoms with E-state index >= 15 is 0 Å². The van der Waals surface area contributed by atoms with E-state index < -0.39 is 9.84 Å². The number of anilines is 1. The first-order valence-electron chi connectivity index (χ1n) is 5.40. The van der Waals surface area contributed by atoms with Gasteiger partial charge in [-0.15, -0.1) is 0 Å². The molecular weight excluding hydrogens is 286 g/mol. The molecule has 2 aromatic rings. The van der Waals surface area contributed by atoms with E-state index in [1.165, 1.54) is 12.1 Å². The Morgan fingerprint density at radius 3 is 2.53 bits per heavy atom. The lowest BCUT2D eigenvalue weighted by molar-refractivity contribution is 0.483. The molecule has 0 unspecified atom stereocenters. The van der Waals surface area contributed by atoms with E-state index in [-0.39, 0.29) is 4.90 Å². The Labute approximate surface area is 116 Å². The van der Waals surface area contributed by atoms with Gasteiger partial charge in [0.2, 0.25) is 0 Å². The number of hydrogen-bond acceptors (Lipinski definition) is 4. The minimum atomic E-state index is -3.27. The lowest BCUT2D eigenvalue weighted by Crippen LogP contribution is -1.98. The van der Waals surface area contributed by atoms with Gasteiger partial charge in [0.05, 0.1) is 15.6 Å². The third kappa shape index (κ3) is 3.19. The Morgan fingerprint density at radius 2 is 1.84 bits per heavy atom. The van der Waals surface area contributed by atoms with Crippen LogP contribution in [0, 0.1) is 0 Å². The molecule has 4 nitrogen and oxygen atoms in total. The minimum absolute atomic E-state index is 0.186. The molecule has 0 fully saturated rings. The molecule has 19 heavy (non-hydrogen) atoms. The summed E-state index contributed by atoms with van der Waals surface area (Å²) >= 11 is 5.88. The number of rotatable bonds is 3. The van der Waals surface area contributed by atoms with Gasteiger partial charge in [-0.3, -0.25) is 0 Å². The SMILES string of the molecule is CS(=O)(=O)c1cccc(Oc2cccc(Cl)c2N)c1. The fraction of sp³-hybridized carbons (Fsp3) is 0.0769. The fourth-order valence-electron chi connectivity index (χ4n) is 1.50. The van der Waals surface area contributed by atoms with E-state index in [2.05, 4.69) is 0 Å². The van der Waals surface area contributed by atoms with Gasteiger partial charge in [-0.25, -0.2) is 8.42 Å². The van der Waals surface area contributed by atoms with Crippen LogP contribution in [0.4, 0.5) is 5.69 Å². The molecule has 0 spiro atoms. The van der Waals surface area contributed by atoms with E-state index in [9.17, 15) is 8.42 Å². The molecule has 0 bridgehead atoms. The van der Waals surface area contributed by atoms with Crippen LogP contribution in [-0.4, -0.2) is 14.7 Å². The van der Waals surface area contributed by atoms with Gasteiger partial charge in [0.25, 0.3) is 0 Å². The highest BCUT2D eigenvalue weighted by Gasteiger charge is 2.10. The first-order valence-corrected chi connectivity index (χ1v) is 7.67. The van der Waals surface area contributed by atoms with Crippen LogP contribution in [0.2, 0.25) is 5.02 Å². The van der Waals surface area contributed by atoms with Crippen molar-refractivity contribution in [3.8, 4) is 11.5 Å². The molecule has 2 rings (SSSR count). The third-order valence-corrected chi connectivity index (χ3v) is 3.91. The molecular formula is C13H12ClNO3S. The van der Waals surface area contributed by atoms with Crippen LogP contribution in [0.25, 0.3) is 0 Å². The van der Waals surface area contributed by atoms with Crippen molar-refractivity contribution in [1.29, 1.82) is 0 Å². The molecule has 2 aromatic carbocycles. The van der Waals surface area contributed by atoms with E-state index in [1.807, 2.05) is 0 Å². The maximum absolute atomic E-state index is 11.5. The Hall–Kier alpha value is -1.72. The molecule has 0 radical (unpaired) electrons. The zero-order valence-electron chi connectivity index (χ0n) is 10.1. The molecule has 0 aliphatic heterocycles. The van der Waals surface area contributed by atoms with Crippen LogP contribution in [-0.2, 0) is 9.84 Å². The Balaban J connectivity index is 2.37. The van der Waals surface area contributed by atoms with Gasteiger partial charge >= 0.3 is 0 Å². The summed E-state index contributed by atoms with van der Waals surface area (Å²) < 4.78 is 28.5. The zero-order valence-corrected chi connectivity index (χ0v) is 11.7. The van der Waals surface area contributed by atoms with Crippen molar-refractivity contribution in [1.82, 2.24) is 0 Å². The lowest BCUT2D eigenvalue weighted by Gasteiger charge is -2.10. The summed E-state index contributed by atoms with van der Waals surface area (Å²) in [5.74, 6) is 0.773. The summed E-state index contributed by atoms with van der Waals surface area (Å²) in [5.41, 5.74) is 6.09. The normalized spacial score (nSPS) is 11.3. The number of nitrogens with two attached hydrogens (primary N) is 1. The van der Waals surface area contributed by atoms with E-state index in [0.717, 1.165) is 6.26 Å². The largest absolute Gasteiger partial charge is 0.455 e. The van der Waals surface area contributed by atoms with Crippen LogP contribution < -0.4 is 10.5 Å². The smallest absolute Gasteiger partial charge is 0.175 e. The Morgan fingerprint density at radius 1 is 1.16 bits per heavy atom. The average Bonchev–Trinajstić information content (AvgIpc) is 2.34. The molecule has 0 aliphatic rings. The highest BCUT2D eigenvalue weighted by molar-refractivity contribution is 7.90. The topological polar surface area (TPSA) is 69.4 Å². The second-order valence-corrected chi connectivity index (χ2v) is 6.42. The summed E-state index contributed by atoms with van der Waals surface area (Å²) in [5, 5.41) is 0.386. The number of hydrogen-bond donors (Lipinski definition) is 1. The summed E-state index contributed by atoms with van der Waals surface area (Å²) in [6.07, 6.45) is 1.14. The molecule has 0 atom stereocenters. The molecule has 100 valence electrons. The molecule has 0 aliphatic carbocycles. The molecule has 0 heterocycles. The average molecular weight is 298 g/mol. The number of ether oxygens (including phenoxy) is 1. The summed E-state index contributed by atoms with van der Waals surface area (Å²) in [6, 6.07) is 11.2. The van der Waals surface area contributed by atoms with Crippen LogP contribution in [0.15, 0.2) is 47.4 Å². The number of halogens is 1. The summed E-state index contributed by atoms with van der Waals surface area (Å²) in [4.78, 5) is 0.186. The van der Waals surface area contributed by atoms with Crippen LogP contribution in [0.1, 0.15) is 0 Å². The Bertz CT molecular complexity index is 714. The maximum atomic E-state index is 11.5. The molecule has 6 heteroatoms. The van der Waals surface area contributed by atoms with E-state index in [0.29, 0.717) is 22.2 Å². The standard InChI is InChI=1S/C13H12ClNO3S/c1-19(16,17)10-5-2-4-9(8-10)18-12-7-3-6-11(14)13(12)15/h2-8H,15H2,1H3. The Kier molecular flexibility index (Phi) is 3.68. The molecule has 0 amide bonds. The number of nitrogen functional groups attached to an aromatic ring is 1. The second kappa shape index (κ2) is 5.11. The second-order valence-electron chi connectivity index (χ2n) is 4.00. The van der Waals surface area contributed by atoms with E-state index in [1.54, 1.807) is 30.3 Å². The highest BCUT2D eigenvalue weighted by Crippen LogP contribution is 2.33. The highest BCUT2D eigenvalue weighted by atomic mass is 35.5. The van der Waals surface area contributed by atoms with Crippen molar-refractivity contribution in [3.63, 3.8) is 0 Å². The van der Waals surface area contributed by atoms with Gasteiger partial charge in [0.1, 0.15) is 5.75 Å². The monoisotopic (exact) mass is 297 g/mol. The van der Waals surface area contributed by atoms with Gasteiger partial charge in [-0.05, 0) is 30.3 Å². The van der Waals surface area contributed by atoms with Gasteiger partial charge < -0.3 is 10.5 Å². The first kappa shape index (κ1) is 13.7. The minimum Gasteiger partial charge on any atom is -0.455 e. The number of benzene rings is 2. The van der Waals surface area contributed by atoms with E-state index in [4.69, 9.17) is 22.1 Å². The fourth-order valence-corrected chi connectivity index (χ4v) is 2.32. The van der Waals surface area contributed by atoms with Crippen LogP contribution >= 0.6 is 11.6 Å². The predicted molar refractivity (Wildman–Crippen MR) is 75.5 cm³/mol. The third-order valence-electron chi connectivity index (χ3n) is 2.47. The van der Waals surface area contributed by atoms with Gasteiger partial charge in [0.15, 0.2) is 15.6 Å². The van der Waals surface area contributed by atoms with Crippen molar-refractivity contribution in [2.45, 2.75) is 4.90 Å². The van der Waals surface area contributed by atoms with Crippen LogP contribution in [0.5, 0.6) is 11.5 Å². The van der Waals surface area contributed by atoms with Crippen molar-refractivity contribution in [3.05, 3.63) is 47.5 Å². The first-order chi connectivity index (χ1) is 8.88. The summed E-state index contributed by atoms with van der Waals surface area (Å²) in [7, 11) is -3.27.